The molecule has 0 aliphatic rings. The van der Waals surface area contributed by atoms with Gasteiger partial charge in [0.15, 0.2) is 0 Å². The molecule has 3 rings (SSSR count). The van der Waals surface area contributed by atoms with Crippen LogP contribution in [0, 0.1) is 5.82 Å². The van der Waals surface area contributed by atoms with Crippen LogP contribution in [0.5, 0.6) is 0 Å². The molecule has 7 heteroatoms. The van der Waals surface area contributed by atoms with Gasteiger partial charge in [-0.05, 0) is 24.6 Å². The minimum atomic E-state index is -0.557. The molecule has 152 valence electrons. The maximum absolute atomic E-state index is 14.2. The molecule has 2 aromatic carbocycles. The van der Waals surface area contributed by atoms with Gasteiger partial charge in [0.2, 0.25) is 5.91 Å². The van der Waals surface area contributed by atoms with Crippen molar-refractivity contribution < 1.29 is 9.18 Å². The van der Waals surface area contributed by atoms with E-state index in [9.17, 15) is 18.8 Å². The summed E-state index contributed by atoms with van der Waals surface area (Å²) in [5.41, 5.74) is -0.216. The molecular weight excluding hydrogens is 373 g/mol. The van der Waals surface area contributed by atoms with Crippen molar-refractivity contribution in [3.05, 3.63) is 80.7 Å². The van der Waals surface area contributed by atoms with Crippen molar-refractivity contribution in [3.8, 4) is 0 Å². The van der Waals surface area contributed by atoms with E-state index in [1.165, 1.54) is 10.6 Å². The number of benzene rings is 2. The highest BCUT2D eigenvalue weighted by Gasteiger charge is 2.15. The zero-order valence-electron chi connectivity index (χ0n) is 16.4. The van der Waals surface area contributed by atoms with Crippen LogP contribution in [-0.2, 0) is 17.9 Å². The number of carbonyl (C=O) groups is 1. The highest BCUT2D eigenvalue weighted by atomic mass is 19.1. The number of nitrogens with zero attached hydrogens (tertiary/aromatic N) is 2. The van der Waals surface area contributed by atoms with Gasteiger partial charge in [0, 0.05) is 25.1 Å². The average molecular weight is 397 g/mol. The third-order valence-corrected chi connectivity index (χ3v) is 4.83. The number of amides is 1. The van der Waals surface area contributed by atoms with Gasteiger partial charge in [-0.15, -0.1) is 0 Å². The van der Waals surface area contributed by atoms with Crippen LogP contribution in [0.2, 0.25) is 0 Å². The molecule has 3 aromatic rings. The first-order valence-corrected chi connectivity index (χ1v) is 9.75. The highest BCUT2D eigenvalue weighted by Crippen LogP contribution is 2.12. The standard InChI is InChI=1S/C22H24FN3O3/c1-2-3-13-24-20(27)12-14-25-21(28)17-9-5-7-11-19(17)26(22(25)29)15-16-8-4-6-10-18(16)23/h4-11H,2-3,12-15H2,1H3,(H,24,27). The van der Waals surface area contributed by atoms with Crippen molar-refractivity contribution in [1.82, 2.24) is 14.5 Å². The van der Waals surface area contributed by atoms with Gasteiger partial charge in [-0.1, -0.05) is 43.7 Å². The Morgan fingerprint density at radius 3 is 2.52 bits per heavy atom. The lowest BCUT2D eigenvalue weighted by Crippen LogP contribution is -2.41. The van der Waals surface area contributed by atoms with Crippen LogP contribution < -0.4 is 16.6 Å². The molecule has 6 nitrogen and oxygen atoms in total. The van der Waals surface area contributed by atoms with Crippen molar-refractivity contribution in [2.75, 3.05) is 6.54 Å². The van der Waals surface area contributed by atoms with Crippen molar-refractivity contribution in [2.24, 2.45) is 0 Å². The summed E-state index contributed by atoms with van der Waals surface area (Å²) in [5, 5.41) is 3.14. The van der Waals surface area contributed by atoms with Crippen molar-refractivity contribution in [3.63, 3.8) is 0 Å². The Kier molecular flexibility index (Phi) is 6.59. The lowest BCUT2D eigenvalue weighted by Gasteiger charge is -2.14. The third-order valence-electron chi connectivity index (χ3n) is 4.83. The van der Waals surface area contributed by atoms with Crippen LogP contribution in [0.25, 0.3) is 10.9 Å². The number of halogens is 1. The first-order valence-electron chi connectivity index (χ1n) is 9.75. The smallest absolute Gasteiger partial charge is 0.331 e. The van der Waals surface area contributed by atoms with E-state index in [2.05, 4.69) is 5.32 Å². The number of aromatic nitrogens is 2. The minimum Gasteiger partial charge on any atom is -0.356 e. The Morgan fingerprint density at radius 2 is 1.76 bits per heavy atom. The molecule has 0 aliphatic heterocycles. The van der Waals surface area contributed by atoms with Crippen molar-refractivity contribution >= 4 is 16.8 Å². The van der Waals surface area contributed by atoms with E-state index in [0.717, 1.165) is 17.4 Å². The zero-order chi connectivity index (χ0) is 20.8. The fraction of sp³-hybridized carbons (Fsp3) is 0.318. The molecule has 0 atom stereocenters. The third kappa shape index (κ3) is 4.62. The molecule has 0 unspecified atom stereocenters. The number of nitrogens with one attached hydrogen (secondary N) is 1. The van der Waals surface area contributed by atoms with Crippen LogP contribution in [0.4, 0.5) is 4.39 Å². The van der Waals surface area contributed by atoms with E-state index >= 15 is 0 Å². The second-order valence-electron chi connectivity index (χ2n) is 6.89. The molecule has 1 aromatic heterocycles. The van der Waals surface area contributed by atoms with Gasteiger partial charge < -0.3 is 5.32 Å². The Hall–Kier alpha value is -3.22. The average Bonchev–Trinajstić information content (AvgIpc) is 2.72. The fourth-order valence-electron chi connectivity index (χ4n) is 3.22. The predicted octanol–water partition coefficient (Wildman–Crippen LogP) is 2.66. The number of rotatable bonds is 8. The summed E-state index contributed by atoms with van der Waals surface area (Å²) >= 11 is 0. The Labute approximate surface area is 167 Å². The van der Waals surface area contributed by atoms with Crippen LogP contribution in [0.3, 0.4) is 0 Å². The largest absolute Gasteiger partial charge is 0.356 e. The van der Waals surface area contributed by atoms with Gasteiger partial charge in [-0.3, -0.25) is 18.7 Å². The second-order valence-corrected chi connectivity index (χ2v) is 6.89. The molecule has 0 spiro atoms. The normalized spacial score (nSPS) is 11.0. The molecule has 0 bridgehead atoms. The monoisotopic (exact) mass is 397 g/mol. The second kappa shape index (κ2) is 9.32. The summed E-state index contributed by atoms with van der Waals surface area (Å²) in [6.45, 7) is 2.56. The SMILES string of the molecule is CCCCNC(=O)CCn1c(=O)c2ccccc2n(Cc2ccccc2F)c1=O. The van der Waals surface area contributed by atoms with Gasteiger partial charge in [-0.25, -0.2) is 9.18 Å². The number of fused-ring (bicyclic) bond motifs is 1. The predicted molar refractivity (Wildman–Crippen MR) is 111 cm³/mol. The Morgan fingerprint density at radius 1 is 1.03 bits per heavy atom. The van der Waals surface area contributed by atoms with E-state index < -0.39 is 17.1 Å². The molecule has 0 saturated heterocycles. The van der Waals surface area contributed by atoms with Gasteiger partial charge in [0.1, 0.15) is 5.82 Å². The van der Waals surface area contributed by atoms with Gasteiger partial charge in [0.05, 0.1) is 17.4 Å². The Bertz CT molecular complexity index is 1130. The maximum atomic E-state index is 14.2. The lowest BCUT2D eigenvalue weighted by atomic mass is 10.2. The Balaban J connectivity index is 1.98. The summed E-state index contributed by atoms with van der Waals surface area (Å²) in [4.78, 5) is 37.9. The molecule has 0 aliphatic carbocycles. The molecule has 1 N–H and O–H groups in total. The van der Waals surface area contributed by atoms with E-state index in [0.29, 0.717) is 23.0 Å². The molecule has 0 radical (unpaired) electrons. The fourth-order valence-corrected chi connectivity index (χ4v) is 3.22. The first kappa shape index (κ1) is 20.5. The van der Waals surface area contributed by atoms with E-state index in [1.807, 2.05) is 6.92 Å². The summed E-state index contributed by atoms with van der Waals surface area (Å²) in [7, 11) is 0. The molecule has 1 amide bonds. The van der Waals surface area contributed by atoms with E-state index in [1.54, 1.807) is 42.5 Å². The number of para-hydroxylation sites is 1. The summed E-state index contributed by atoms with van der Waals surface area (Å²) in [5.74, 6) is -0.630. The van der Waals surface area contributed by atoms with Gasteiger partial charge in [-0.2, -0.15) is 0 Å². The van der Waals surface area contributed by atoms with Crippen LogP contribution in [0.1, 0.15) is 31.7 Å². The van der Waals surface area contributed by atoms with Crippen LogP contribution in [0.15, 0.2) is 58.1 Å². The number of hydrogen-bond donors (Lipinski definition) is 1. The zero-order valence-corrected chi connectivity index (χ0v) is 16.4. The highest BCUT2D eigenvalue weighted by molar-refractivity contribution is 5.78. The first-order chi connectivity index (χ1) is 14.0. The minimum absolute atomic E-state index is 0.00496. The molecule has 1 heterocycles. The number of hydrogen-bond acceptors (Lipinski definition) is 3. The number of carbonyl (C=O) groups excluding carboxylic acids is 1. The lowest BCUT2D eigenvalue weighted by molar-refractivity contribution is -0.121. The quantitative estimate of drug-likeness (QED) is 0.594. The molecule has 0 fully saturated rings. The maximum Gasteiger partial charge on any atom is 0.331 e. The van der Waals surface area contributed by atoms with Crippen molar-refractivity contribution in [2.45, 2.75) is 39.3 Å². The summed E-state index contributed by atoms with van der Waals surface area (Å²) in [6, 6.07) is 13.0. The summed E-state index contributed by atoms with van der Waals surface area (Å²) in [6.07, 6.45) is 1.86. The topological polar surface area (TPSA) is 73.1 Å². The van der Waals surface area contributed by atoms with Gasteiger partial charge in [0.25, 0.3) is 5.56 Å². The van der Waals surface area contributed by atoms with Crippen LogP contribution >= 0.6 is 0 Å². The van der Waals surface area contributed by atoms with Crippen molar-refractivity contribution in [1.29, 1.82) is 0 Å². The van der Waals surface area contributed by atoms with Gasteiger partial charge >= 0.3 is 5.69 Å². The number of unbranched alkanes of at least 4 members (excludes halogenated alkanes) is 1. The molecule has 29 heavy (non-hydrogen) atoms. The molecule has 0 saturated carbocycles. The van der Waals surface area contributed by atoms with E-state index in [4.69, 9.17) is 0 Å². The molecular formula is C22H24FN3O3. The van der Waals surface area contributed by atoms with E-state index in [-0.39, 0.29) is 25.4 Å². The van der Waals surface area contributed by atoms with Crippen LogP contribution in [-0.4, -0.2) is 21.6 Å². The summed E-state index contributed by atoms with van der Waals surface area (Å²) < 4.78 is 16.6.